The fourth-order valence-electron chi connectivity index (χ4n) is 1.94. The van der Waals surface area contributed by atoms with Crippen LogP contribution < -0.4 is 11.1 Å². The maximum absolute atomic E-state index is 13.1. The van der Waals surface area contributed by atoms with Crippen LogP contribution in [0.15, 0.2) is 48.5 Å². The van der Waals surface area contributed by atoms with Crippen LogP contribution in [0.4, 0.5) is 15.8 Å². The minimum atomic E-state index is -0.279. The fourth-order valence-corrected chi connectivity index (χ4v) is 1.94. The zero-order chi connectivity index (χ0) is 13.0. The van der Waals surface area contributed by atoms with Crippen molar-refractivity contribution < 1.29 is 4.39 Å². The summed E-state index contributed by atoms with van der Waals surface area (Å²) < 4.78 is 13.1. The number of hydrogen-bond donors (Lipinski definition) is 2. The molecule has 3 heteroatoms. The molecule has 1 atom stereocenters. The van der Waals surface area contributed by atoms with Crippen LogP contribution in [0.2, 0.25) is 0 Å². The van der Waals surface area contributed by atoms with E-state index in [0.29, 0.717) is 11.4 Å². The SMILES string of the molecule is CC(Cc1ccccc1)Nc1cc(F)ccc1N. The Hall–Kier alpha value is -2.03. The zero-order valence-corrected chi connectivity index (χ0v) is 10.4. The Morgan fingerprint density at radius 2 is 1.89 bits per heavy atom. The number of nitrogen functional groups attached to an aromatic ring is 1. The first kappa shape index (κ1) is 12.4. The van der Waals surface area contributed by atoms with Crippen LogP contribution >= 0.6 is 0 Å². The van der Waals surface area contributed by atoms with Crippen molar-refractivity contribution in [3.63, 3.8) is 0 Å². The van der Waals surface area contributed by atoms with E-state index < -0.39 is 0 Å². The normalized spacial score (nSPS) is 12.1. The lowest BCUT2D eigenvalue weighted by Gasteiger charge is -2.17. The summed E-state index contributed by atoms with van der Waals surface area (Å²) >= 11 is 0. The van der Waals surface area contributed by atoms with Crippen molar-refractivity contribution in [1.82, 2.24) is 0 Å². The highest BCUT2D eigenvalue weighted by molar-refractivity contribution is 5.66. The molecule has 0 aliphatic carbocycles. The largest absolute Gasteiger partial charge is 0.397 e. The van der Waals surface area contributed by atoms with Crippen molar-refractivity contribution in [2.45, 2.75) is 19.4 Å². The second-order valence-electron chi connectivity index (χ2n) is 4.47. The third kappa shape index (κ3) is 3.23. The highest BCUT2D eigenvalue weighted by atomic mass is 19.1. The number of nitrogens with two attached hydrogens (primary N) is 1. The van der Waals surface area contributed by atoms with Crippen molar-refractivity contribution in [3.8, 4) is 0 Å². The van der Waals surface area contributed by atoms with Crippen LogP contribution in [0.3, 0.4) is 0 Å². The summed E-state index contributed by atoms with van der Waals surface area (Å²) in [6.45, 7) is 2.05. The summed E-state index contributed by atoms with van der Waals surface area (Å²) in [5.74, 6) is -0.279. The lowest BCUT2D eigenvalue weighted by Crippen LogP contribution is -2.19. The van der Waals surface area contributed by atoms with Crippen molar-refractivity contribution in [1.29, 1.82) is 0 Å². The van der Waals surface area contributed by atoms with E-state index in [1.807, 2.05) is 18.2 Å². The monoisotopic (exact) mass is 244 g/mol. The molecule has 0 bridgehead atoms. The van der Waals surface area contributed by atoms with Crippen molar-refractivity contribution in [2.24, 2.45) is 0 Å². The molecule has 0 heterocycles. The Labute approximate surface area is 107 Å². The van der Waals surface area contributed by atoms with E-state index in [-0.39, 0.29) is 11.9 Å². The van der Waals surface area contributed by atoms with Gasteiger partial charge < -0.3 is 11.1 Å². The van der Waals surface area contributed by atoms with Crippen molar-refractivity contribution >= 4 is 11.4 Å². The zero-order valence-electron chi connectivity index (χ0n) is 10.4. The highest BCUT2D eigenvalue weighted by Gasteiger charge is 2.06. The van der Waals surface area contributed by atoms with Gasteiger partial charge in [-0.15, -0.1) is 0 Å². The molecule has 94 valence electrons. The molecular formula is C15H17FN2. The van der Waals surface area contributed by atoms with Crippen LogP contribution in [-0.4, -0.2) is 6.04 Å². The quantitative estimate of drug-likeness (QED) is 0.808. The van der Waals surface area contributed by atoms with Gasteiger partial charge in [0.25, 0.3) is 0 Å². The van der Waals surface area contributed by atoms with Gasteiger partial charge in [0.1, 0.15) is 5.82 Å². The van der Waals surface area contributed by atoms with Gasteiger partial charge in [-0.05, 0) is 37.1 Å². The number of anilines is 2. The third-order valence-electron chi connectivity index (χ3n) is 2.80. The number of benzene rings is 2. The first-order chi connectivity index (χ1) is 8.65. The maximum Gasteiger partial charge on any atom is 0.125 e. The smallest absolute Gasteiger partial charge is 0.125 e. The van der Waals surface area contributed by atoms with Gasteiger partial charge in [-0.2, -0.15) is 0 Å². The van der Waals surface area contributed by atoms with Crippen LogP contribution in [0.5, 0.6) is 0 Å². The van der Waals surface area contributed by atoms with Gasteiger partial charge in [0.2, 0.25) is 0 Å². The summed E-state index contributed by atoms with van der Waals surface area (Å²) in [4.78, 5) is 0. The van der Waals surface area contributed by atoms with Gasteiger partial charge in [-0.3, -0.25) is 0 Å². The lowest BCUT2D eigenvalue weighted by atomic mass is 10.1. The minimum Gasteiger partial charge on any atom is -0.397 e. The number of rotatable bonds is 4. The Bertz CT molecular complexity index is 511. The van der Waals surface area contributed by atoms with Gasteiger partial charge in [-0.1, -0.05) is 30.3 Å². The van der Waals surface area contributed by atoms with E-state index in [2.05, 4.69) is 24.4 Å². The lowest BCUT2D eigenvalue weighted by molar-refractivity contribution is 0.628. The van der Waals surface area contributed by atoms with E-state index in [1.165, 1.54) is 17.7 Å². The number of hydrogen-bond acceptors (Lipinski definition) is 2. The molecule has 0 amide bonds. The molecule has 2 nitrogen and oxygen atoms in total. The summed E-state index contributed by atoms with van der Waals surface area (Å²) in [7, 11) is 0. The molecule has 0 aromatic heterocycles. The van der Waals surface area contributed by atoms with Crippen molar-refractivity contribution in [3.05, 3.63) is 59.9 Å². The van der Waals surface area contributed by atoms with Gasteiger partial charge in [-0.25, -0.2) is 4.39 Å². The molecule has 0 fully saturated rings. The molecule has 0 aliphatic heterocycles. The van der Waals surface area contributed by atoms with E-state index in [0.717, 1.165) is 6.42 Å². The first-order valence-electron chi connectivity index (χ1n) is 6.00. The molecule has 0 saturated heterocycles. The Balaban J connectivity index is 2.03. The molecular weight excluding hydrogens is 227 g/mol. The number of nitrogens with one attached hydrogen (secondary N) is 1. The summed E-state index contributed by atoms with van der Waals surface area (Å²) in [5, 5.41) is 3.23. The van der Waals surface area contributed by atoms with E-state index in [9.17, 15) is 4.39 Å². The van der Waals surface area contributed by atoms with Crippen molar-refractivity contribution in [2.75, 3.05) is 11.1 Å². The second kappa shape index (κ2) is 5.54. The van der Waals surface area contributed by atoms with Crippen LogP contribution in [0.1, 0.15) is 12.5 Å². The summed E-state index contributed by atoms with van der Waals surface area (Å²) in [6, 6.07) is 14.7. The standard InChI is InChI=1S/C15H17FN2/c1-11(9-12-5-3-2-4-6-12)18-15-10-13(16)7-8-14(15)17/h2-8,10-11,18H,9,17H2,1H3. The van der Waals surface area contributed by atoms with E-state index in [1.54, 1.807) is 6.07 Å². The molecule has 3 N–H and O–H groups in total. The van der Waals surface area contributed by atoms with Crippen LogP contribution in [-0.2, 0) is 6.42 Å². The average Bonchev–Trinajstić information content (AvgIpc) is 2.35. The van der Waals surface area contributed by atoms with E-state index in [4.69, 9.17) is 5.73 Å². The Kier molecular flexibility index (Phi) is 3.82. The highest BCUT2D eigenvalue weighted by Crippen LogP contribution is 2.20. The molecule has 2 aromatic carbocycles. The van der Waals surface area contributed by atoms with Gasteiger partial charge in [0.05, 0.1) is 11.4 Å². The summed E-state index contributed by atoms with van der Waals surface area (Å²) in [5.41, 5.74) is 8.26. The molecule has 0 saturated carbocycles. The molecule has 2 aromatic rings. The third-order valence-corrected chi connectivity index (χ3v) is 2.80. The fraction of sp³-hybridized carbons (Fsp3) is 0.200. The predicted molar refractivity (Wildman–Crippen MR) is 74.0 cm³/mol. The van der Waals surface area contributed by atoms with E-state index >= 15 is 0 Å². The molecule has 1 unspecified atom stereocenters. The summed E-state index contributed by atoms with van der Waals surface area (Å²) in [6.07, 6.45) is 0.872. The van der Waals surface area contributed by atoms with Gasteiger partial charge in [0, 0.05) is 6.04 Å². The first-order valence-corrected chi connectivity index (χ1v) is 6.00. The van der Waals surface area contributed by atoms with Gasteiger partial charge in [0.15, 0.2) is 0 Å². The molecule has 2 rings (SSSR count). The predicted octanol–water partition coefficient (Wildman–Crippen LogP) is 3.45. The Morgan fingerprint density at radius 3 is 2.61 bits per heavy atom. The maximum atomic E-state index is 13.1. The van der Waals surface area contributed by atoms with Crippen LogP contribution in [0, 0.1) is 5.82 Å². The Morgan fingerprint density at radius 1 is 1.17 bits per heavy atom. The molecule has 0 aliphatic rings. The second-order valence-corrected chi connectivity index (χ2v) is 4.47. The molecule has 0 radical (unpaired) electrons. The topological polar surface area (TPSA) is 38.0 Å². The number of halogens is 1. The van der Waals surface area contributed by atoms with Crippen LogP contribution in [0.25, 0.3) is 0 Å². The molecule has 18 heavy (non-hydrogen) atoms. The minimum absolute atomic E-state index is 0.191. The molecule has 0 spiro atoms. The van der Waals surface area contributed by atoms with Gasteiger partial charge >= 0.3 is 0 Å². The average molecular weight is 244 g/mol.